The van der Waals surface area contributed by atoms with Gasteiger partial charge in [-0.2, -0.15) is 0 Å². The lowest BCUT2D eigenvalue weighted by Crippen LogP contribution is -2.26. The minimum Gasteiger partial charge on any atom is -0.407 e. The molecule has 0 saturated carbocycles. The number of nitrogen functional groups attached to an aromatic ring is 1. The number of nitrogens with two attached hydrogens (primary N) is 1. The number of thiophene rings is 1. The van der Waals surface area contributed by atoms with E-state index in [-0.39, 0.29) is 0 Å². The summed E-state index contributed by atoms with van der Waals surface area (Å²) in [5, 5.41) is 3.22. The van der Waals surface area contributed by atoms with Crippen LogP contribution in [-0.4, -0.2) is 6.09 Å². The second-order valence-corrected chi connectivity index (χ2v) is 5.19. The summed E-state index contributed by atoms with van der Waals surface area (Å²) in [5.74, 6) is 0.437. The van der Waals surface area contributed by atoms with Gasteiger partial charge in [0.1, 0.15) is 5.00 Å². The maximum Gasteiger partial charge on any atom is 0.412 e. The molecular weight excluding hydrogens is 260 g/mol. The Bertz CT molecular complexity index is 552. The maximum absolute atomic E-state index is 11.7. The summed E-state index contributed by atoms with van der Waals surface area (Å²) in [5.41, 5.74) is 6.81. The fourth-order valence-electron chi connectivity index (χ4n) is 1.60. The summed E-state index contributed by atoms with van der Waals surface area (Å²) in [6.45, 7) is 2.47. The molecule has 0 unspecified atom stereocenters. The van der Waals surface area contributed by atoms with Crippen LogP contribution < -0.4 is 15.8 Å². The number of ether oxygens (including phenoxy) is 1. The van der Waals surface area contributed by atoms with Gasteiger partial charge in [-0.15, -0.1) is 11.3 Å². The average Bonchev–Trinajstić information content (AvgIpc) is 2.78. The smallest absolute Gasteiger partial charge is 0.407 e. The molecular formula is C14H16N2O2S. The van der Waals surface area contributed by atoms with Crippen LogP contribution in [0.4, 0.5) is 9.80 Å². The van der Waals surface area contributed by atoms with E-state index in [1.807, 2.05) is 43.3 Å². The molecule has 4 nitrogen and oxygen atoms in total. The molecule has 2 rings (SSSR count). The lowest BCUT2D eigenvalue weighted by Gasteiger charge is -2.05. The van der Waals surface area contributed by atoms with Crippen molar-refractivity contribution in [2.45, 2.75) is 19.9 Å². The topological polar surface area (TPSA) is 64.3 Å². The Labute approximate surface area is 116 Å². The predicted molar refractivity (Wildman–Crippen MR) is 77.4 cm³/mol. The summed E-state index contributed by atoms with van der Waals surface area (Å²) in [7, 11) is 0. The Hall–Kier alpha value is -2.01. The second-order valence-electron chi connectivity index (χ2n) is 4.02. The van der Waals surface area contributed by atoms with Crippen molar-refractivity contribution in [2.24, 2.45) is 0 Å². The number of aryl methyl sites for hydroxylation is 1. The Morgan fingerprint density at radius 2 is 2.11 bits per heavy atom. The van der Waals surface area contributed by atoms with Gasteiger partial charge in [-0.25, -0.2) is 4.79 Å². The van der Waals surface area contributed by atoms with Crippen molar-refractivity contribution < 1.29 is 9.53 Å². The third-order valence-corrected chi connectivity index (χ3v) is 3.70. The molecule has 2 aromatic rings. The van der Waals surface area contributed by atoms with Gasteiger partial charge in [0.25, 0.3) is 0 Å². The average molecular weight is 276 g/mol. The van der Waals surface area contributed by atoms with Crippen LogP contribution in [0.2, 0.25) is 0 Å². The van der Waals surface area contributed by atoms with Crippen LogP contribution in [0.15, 0.2) is 36.4 Å². The monoisotopic (exact) mass is 276 g/mol. The predicted octanol–water partition coefficient (Wildman–Crippen LogP) is 3.18. The van der Waals surface area contributed by atoms with Crippen molar-refractivity contribution in [1.82, 2.24) is 5.32 Å². The van der Waals surface area contributed by atoms with Crippen LogP contribution in [0.25, 0.3) is 0 Å². The molecule has 0 atom stereocenters. The summed E-state index contributed by atoms with van der Waals surface area (Å²) < 4.78 is 5.18. The first-order valence-corrected chi connectivity index (χ1v) is 6.88. The minimum absolute atomic E-state index is 0.435. The highest BCUT2D eigenvalue weighted by molar-refractivity contribution is 7.16. The fraction of sp³-hybridized carbons (Fsp3) is 0.214. The quantitative estimate of drug-likeness (QED) is 0.901. The van der Waals surface area contributed by atoms with Gasteiger partial charge in [0.05, 0.1) is 0 Å². The third-order valence-electron chi connectivity index (χ3n) is 2.61. The second kappa shape index (κ2) is 6.24. The van der Waals surface area contributed by atoms with E-state index in [4.69, 9.17) is 10.5 Å². The zero-order valence-electron chi connectivity index (χ0n) is 10.7. The third kappa shape index (κ3) is 3.72. The van der Waals surface area contributed by atoms with Gasteiger partial charge in [0, 0.05) is 11.4 Å². The van der Waals surface area contributed by atoms with Crippen LogP contribution in [0.3, 0.4) is 0 Å². The Balaban J connectivity index is 1.89. The highest BCUT2D eigenvalue weighted by atomic mass is 32.1. The molecule has 3 N–H and O–H groups in total. The van der Waals surface area contributed by atoms with Crippen molar-refractivity contribution in [2.75, 3.05) is 5.73 Å². The molecule has 1 heterocycles. The van der Waals surface area contributed by atoms with Crippen LogP contribution in [0.1, 0.15) is 17.4 Å². The van der Waals surface area contributed by atoms with E-state index in [9.17, 15) is 4.79 Å². The van der Waals surface area contributed by atoms with Gasteiger partial charge >= 0.3 is 6.09 Å². The van der Waals surface area contributed by atoms with Crippen molar-refractivity contribution in [3.05, 3.63) is 46.8 Å². The van der Waals surface area contributed by atoms with Crippen molar-refractivity contribution >= 4 is 22.4 Å². The standard InChI is InChI=1S/C14H16N2O2S/c1-2-11-8-12(13(15)19-11)18-14(17)16-9-10-6-4-3-5-7-10/h3-8H,2,9,15H2,1H3,(H,16,17). The van der Waals surface area contributed by atoms with Crippen LogP contribution in [-0.2, 0) is 13.0 Å². The van der Waals surface area contributed by atoms with Crippen molar-refractivity contribution in [1.29, 1.82) is 0 Å². The van der Waals surface area contributed by atoms with E-state index in [2.05, 4.69) is 5.32 Å². The van der Waals surface area contributed by atoms with E-state index in [1.165, 1.54) is 11.3 Å². The molecule has 100 valence electrons. The molecule has 0 radical (unpaired) electrons. The summed E-state index contributed by atoms with van der Waals surface area (Å²) in [6, 6.07) is 11.5. The Morgan fingerprint density at radius 3 is 2.74 bits per heavy atom. The molecule has 0 fully saturated rings. The number of anilines is 1. The van der Waals surface area contributed by atoms with Gasteiger partial charge in [0.2, 0.25) is 0 Å². The number of amides is 1. The van der Waals surface area contributed by atoms with Crippen LogP contribution >= 0.6 is 11.3 Å². The number of rotatable bonds is 4. The molecule has 1 aromatic heterocycles. The van der Waals surface area contributed by atoms with Gasteiger partial charge in [-0.3, -0.25) is 0 Å². The van der Waals surface area contributed by atoms with E-state index in [1.54, 1.807) is 0 Å². The fourth-order valence-corrected chi connectivity index (χ4v) is 2.39. The normalized spacial score (nSPS) is 10.2. The molecule has 1 amide bonds. The zero-order chi connectivity index (χ0) is 13.7. The minimum atomic E-state index is -0.490. The first-order chi connectivity index (χ1) is 9.19. The lowest BCUT2D eigenvalue weighted by molar-refractivity contribution is 0.200. The molecule has 0 saturated heterocycles. The molecule has 5 heteroatoms. The highest BCUT2D eigenvalue weighted by Gasteiger charge is 2.10. The lowest BCUT2D eigenvalue weighted by atomic mass is 10.2. The SMILES string of the molecule is CCc1cc(OC(=O)NCc2ccccc2)c(N)s1. The van der Waals surface area contributed by atoms with Gasteiger partial charge in [0.15, 0.2) is 5.75 Å². The van der Waals surface area contributed by atoms with Crippen molar-refractivity contribution in [3.8, 4) is 5.75 Å². The van der Waals surface area contributed by atoms with Crippen LogP contribution in [0.5, 0.6) is 5.75 Å². The highest BCUT2D eigenvalue weighted by Crippen LogP contribution is 2.32. The molecule has 0 aliphatic rings. The summed E-state index contributed by atoms with van der Waals surface area (Å²) >= 11 is 1.44. The number of hydrogen-bond donors (Lipinski definition) is 2. The first-order valence-electron chi connectivity index (χ1n) is 6.07. The molecule has 0 aliphatic heterocycles. The molecule has 0 aliphatic carbocycles. The van der Waals surface area contributed by atoms with E-state index < -0.39 is 6.09 Å². The first kappa shape index (κ1) is 13.4. The summed E-state index contributed by atoms with van der Waals surface area (Å²) in [4.78, 5) is 12.8. The Morgan fingerprint density at radius 1 is 1.37 bits per heavy atom. The summed E-state index contributed by atoms with van der Waals surface area (Å²) in [6.07, 6.45) is 0.389. The largest absolute Gasteiger partial charge is 0.412 e. The molecule has 0 bridgehead atoms. The number of carbonyl (C=O) groups excluding carboxylic acids is 1. The van der Waals surface area contributed by atoms with Crippen molar-refractivity contribution in [3.63, 3.8) is 0 Å². The number of hydrogen-bond acceptors (Lipinski definition) is 4. The van der Waals surface area contributed by atoms with Gasteiger partial charge in [-0.1, -0.05) is 37.3 Å². The number of benzene rings is 1. The molecule has 0 spiro atoms. The Kier molecular flexibility index (Phi) is 4.41. The van der Waals surface area contributed by atoms with Gasteiger partial charge in [-0.05, 0) is 18.1 Å². The zero-order valence-corrected chi connectivity index (χ0v) is 11.5. The molecule has 19 heavy (non-hydrogen) atoms. The maximum atomic E-state index is 11.7. The van der Waals surface area contributed by atoms with Gasteiger partial charge < -0.3 is 15.8 Å². The van der Waals surface area contributed by atoms with E-state index in [0.717, 1.165) is 16.9 Å². The van der Waals surface area contributed by atoms with E-state index >= 15 is 0 Å². The number of carbonyl (C=O) groups is 1. The molecule has 1 aromatic carbocycles. The number of nitrogens with one attached hydrogen (secondary N) is 1. The van der Waals surface area contributed by atoms with E-state index in [0.29, 0.717) is 17.3 Å². The van der Waals surface area contributed by atoms with Crippen LogP contribution in [0, 0.1) is 0 Å².